The first-order chi connectivity index (χ1) is 18.2. The van der Waals surface area contributed by atoms with Crippen LogP contribution in [0.4, 0.5) is 0 Å². The quantitative estimate of drug-likeness (QED) is 0.460. The molecule has 188 valence electrons. The highest BCUT2D eigenvalue weighted by molar-refractivity contribution is 5.78. The van der Waals surface area contributed by atoms with Gasteiger partial charge in [-0.15, -0.1) is 0 Å². The van der Waals surface area contributed by atoms with Crippen molar-refractivity contribution in [1.29, 1.82) is 0 Å². The van der Waals surface area contributed by atoms with Crippen molar-refractivity contribution in [2.75, 3.05) is 6.61 Å². The Hall–Kier alpha value is -3.87. The normalized spacial score (nSPS) is 27.3. The zero-order valence-electron chi connectivity index (χ0n) is 20.4. The van der Waals surface area contributed by atoms with Crippen LogP contribution in [-0.4, -0.2) is 34.9 Å². The third-order valence-corrected chi connectivity index (χ3v) is 7.29. The molecule has 0 aromatic heterocycles. The summed E-state index contributed by atoms with van der Waals surface area (Å²) in [6.07, 6.45) is 6.13. The molecule has 6 rings (SSSR count). The fourth-order valence-electron chi connectivity index (χ4n) is 5.43. The Morgan fingerprint density at radius 2 is 1.65 bits per heavy atom. The lowest BCUT2D eigenvalue weighted by Crippen LogP contribution is -2.52. The summed E-state index contributed by atoms with van der Waals surface area (Å²) in [5, 5.41) is 9.80. The number of morpholine rings is 1. The van der Waals surface area contributed by atoms with Gasteiger partial charge in [-0.3, -0.25) is 9.69 Å². The summed E-state index contributed by atoms with van der Waals surface area (Å²) in [6.45, 7) is 0.792. The number of phenolic OH excluding ortho intramolecular Hbond substituents is 1. The number of rotatable bonds is 6. The van der Waals surface area contributed by atoms with Crippen LogP contribution in [0.2, 0.25) is 0 Å². The number of phenols is 1. The van der Waals surface area contributed by atoms with E-state index < -0.39 is 12.1 Å². The van der Waals surface area contributed by atoms with E-state index in [1.165, 1.54) is 0 Å². The number of benzene rings is 3. The van der Waals surface area contributed by atoms with Crippen LogP contribution in [0.3, 0.4) is 0 Å². The standard InChI is InChI=1S/C31H29NO5/c33-25-15-11-23(12-16-25)29-28-31(34)36-20-27(22-9-5-2-6-10-22)32(28)30(37-29)24-13-17-26(18-14-24)35-19-21-7-3-1-4-8-21/h1-13,15-18,24,27-30,33H,14,19-20H2/t24?,27-,28?,29-,30+/m1/s1. The molecule has 6 heteroatoms. The third kappa shape index (κ3) is 4.78. The average molecular weight is 496 g/mol. The number of ether oxygens (including phenoxy) is 3. The van der Waals surface area contributed by atoms with Gasteiger partial charge in [-0.05, 0) is 47.4 Å². The summed E-state index contributed by atoms with van der Waals surface area (Å²) in [5.41, 5.74) is 3.04. The summed E-state index contributed by atoms with van der Waals surface area (Å²) in [4.78, 5) is 15.4. The van der Waals surface area contributed by atoms with Crippen LogP contribution in [0.1, 0.15) is 35.3 Å². The first-order valence-electron chi connectivity index (χ1n) is 12.7. The Morgan fingerprint density at radius 1 is 0.919 bits per heavy atom. The fraction of sp³-hybridized carbons (Fsp3) is 0.258. The van der Waals surface area contributed by atoms with E-state index in [9.17, 15) is 9.90 Å². The van der Waals surface area contributed by atoms with Crippen molar-refractivity contribution in [2.24, 2.45) is 5.92 Å². The van der Waals surface area contributed by atoms with Gasteiger partial charge in [-0.25, -0.2) is 0 Å². The van der Waals surface area contributed by atoms with E-state index in [2.05, 4.69) is 29.2 Å². The highest BCUT2D eigenvalue weighted by Gasteiger charge is 2.55. The second kappa shape index (κ2) is 10.2. The Morgan fingerprint density at radius 3 is 2.35 bits per heavy atom. The monoisotopic (exact) mass is 495 g/mol. The van der Waals surface area contributed by atoms with E-state index in [1.807, 2.05) is 66.7 Å². The number of fused-ring (bicyclic) bond motifs is 1. The molecule has 2 unspecified atom stereocenters. The Kier molecular flexibility index (Phi) is 6.51. The Bertz CT molecular complexity index is 1290. The molecule has 2 fully saturated rings. The van der Waals surface area contributed by atoms with Crippen LogP contribution in [0, 0.1) is 5.92 Å². The van der Waals surface area contributed by atoms with E-state index in [0.717, 1.165) is 28.9 Å². The molecule has 0 amide bonds. The molecule has 1 aliphatic carbocycles. The molecule has 2 heterocycles. The number of carbonyl (C=O) groups is 1. The predicted octanol–water partition coefficient (Wildman–Crippen LogP) is 5.44. The maximum Gasteiger partial charge on any atom is 0.326 e. The van der Waals surface area contributed by atoms with Gasteiger partial charge in [-0.2, -0.15) is 0 Å². The van der Waals surface area contributed by atoms with Crippen LogP contribution in [0.25, 0.3) is 0 Å². The zero-order valence-corrected chi connectivity index (χ0v) is 20.4. The van der Waals surface area contributed by atoms with E-state index in [0.29, 0.717) is 6.61 Å². The second-order valence-corrected chi connectivity index (χ2v) is 9.63. The molecule has 0 saturated carbocycles. The molecule has 0 bridgehead atoms. The molecule has 1 N–H and O–H groups in total. The van der Waals surface area contributed by atoms with Gasteiger partial charge in [0.15, 0.2) is 0 Å². The van der Waals surface area contributed by atoms with Crippen LogP contribution in [-0.2, 0) is 25.6 Å². The molecular formula is C31H29NO5. The minimum absolute atomic E-state index is 0.0332. The summed E-state index contributed by atoms with van der Waals surface area (Å²) in [7, 11) is 0. The number of cyclic esters (lactones) is 1. The van der Waals surface area contributed by atoms with Gasteiger partial charge in [0.25, 0.3) is 0 Å². The van der Waals surface area contributed by atoms with Gasteiger partial charge in [0.05, 0.1) is 6.04 Å². The van der Waals surface area contributed by atoms with Crippen LogP contribution < -0.4 is 0 Å². The van der Waals surface area contributed by atoms with Crippen molar-refractivity contribution in [1.82, 2.24) is 4.90 Å². The molecule has 3 aromatic carbocycles. The topological polar surface area (TPSA) is 68.2 Å². The largest absolute Gasteiger partial charge is 0.508 e. The lowest BCUT2D eigenvalue weighted by Gasteiger charge is -2.40. The van der Waals surface area contributed by atoms with Crippen molar-refractivity contribution in [3.63, 3.8) is 0 Å². The molecule has 2 aliphatic heterocycles. The number of nitrogens with zero attached hydrogens (tertiary/aromatic N) is 1. The molecule has 6 nitrogen and oxygen atoms in total. The maximum absolute atomic E-state index is 13.2. The van der Waals surface area contributed by atoms with Crippen molar-refractivity contribution < 1.29 is 24.1 Å². The summed E-state index contributed by atoms with van der Waals surface area (Å²) in [6, 6.07) is 26.4. The van der Waals surface area contributed by atoms with Crippen LogP contribution in [0.15, 0.2) is 109 Å². The summed E-state index contributed by atoms with van der Waals surface area (Å²) >= 11 is 0. The van der Waals surface area contributed by atoms with Crippen molar-refractivity contribution in [2.45, 2.75) is 37.4 Å². The molecular weight excluding hydrogens is 466 g/mol. The first kappa shape index (κ1) is 23.5. The first-order valence-corrected chi connectivity index (χ1v) is 12.7. The van der Waals surface area contributed by atoms with Gasteiger partial charge < -0.3 is 19.3 Å². The van der Waals surface area contributed by atoms with Gasteiger partial charge in [-0.1, -0.05) is 78.9 Å². The lowest BCUT2D eigenvalue weighted by atomic mass is 9.93. The highest BCUT2D eigenvalue weighted by Crippen LogP contribution is 2.47. The Balaban J connectivity index is 1.27. The van der Waals surface area contributed by atoms with Crippen LogP contribution in [0.5, 0.6) is 5.75 Å². The average Bonchev–Trinajstić information content (AvgIpc) is 3.35. The number of allylic oxidation sites excluding steroid dienone is 2. The van der Waals surface area contributed by atoms with E-state index >= 15 is 0 Å². The zero-order chi connectivity index (χ0) is 25.2. The van der Waals surface area contributed by atoms with Crippen molar-refractivity contribution >= 4 is 5.97 Å². The number of aromatic hydroxyl groups is 1. The molecule has 37 heavy (non-hydrogen) atoms. The second-order valence-electron chi connectivity index (χ2n) is 9.63. The summed E-state index contributed by atoms with van der Waals surface area (Å²) in [5.74, 6) is 0.759. The fourth-order valence-corrected chi connectivity index (χ4v) is 5.43. The number of carbonyl (C=O) groups excluding carboxylic acids is 1. The van der Waals surface area contributed by atoms with E-state index in [1.54, 1.807) is 12.1 Å². The van der Waals surface area contributed by atoms with E-state index in [-0.39, 0.29) is 36.5 Å². The number of hydrogen-bond acceptors (Lipinski definition) is 6. The van der Waals surface area contributed by atoms with Gasteiger partial charge in [0.2, 0.25) is 0 Å². The molecule has 0 radical (unpaired) electrons. The molecule has 0 spiro atoms. The molecule has 2 saturated heterocycles. The van der Waals surface area contributed by atoms with E-state index in [4.69, 9.17) is 14.2 Å². The van der Waals surface area contributed by atoms with Gasteiger partial charge in [0, 0.05) is 5.92 Å². The number of esters is 1. The molecule has 5 atom stereocenters. The summed E-state index contributed by atoms with van der Waals surface area (Å²) < 4.78 is 18.4. The van der Waals surface area contributed by atoms with Crippen molar-refractivity contribution in [3.8, 4) is 5.75 Å². The number of hydrogen-bond donors (Lipinski definition) is 1. The predicted molar refractivity (Wildman–Crippen MR) is 138 cm³/mol. The van der Waals surface area contributed by atoms with Gasteiger partial charge >= 0.3 is 5.97 Å². The lowest BCUT2D eigenvalue weighted by molar-refractivity contribution is -0.163. The molecule has 3 aliphatic rings. The smallest absolute Gasteiger partial charge is 0.326 e. The maximum atomic E-state index is 13.2. The van der Waals surface area contributed by atoms with Gasteiger partial charge in [0.1, 0.15) is 43.1 Å². The Labute approximate surface area is 216 Å². The molecule has 3 aromatic rings. The minimum Gasteiger partial charge on any atom is -0.508 e. The third-order valence-electron chi connectivity index (χ3n) is 7.29. The van der Waals surface area contributed by atoms with Crippen molar-refractivity contribution in [3.05, 3.63) is 126 Å². The highest BCUT2D eigenvalue weighted by atomic mass is 16.6. The minimum atomic E-state index is -0.582. The SMILES string of the molecule is O=C1OC[C@H](c2ccccc2)N2C1[C@@H](c1ccc(O)cc1)O[C@H]2C1C=CC(OCc2ccccc2)=CC1. The van der Waals surface area contributed by atoms with Crippen LogP contribution >= 0.6 is 0 Å².